The zero-order chi connectivity index (χ0) is 164. The summed E-state index contributed by atoms with van der Waals surface area (Å²) >= 11 is 7.28. The second kappa shape index (κ2) is 32.5. The summed E-state index contributed by atoms with van der Waals surface area (Å²) in [5.74, 6) is 0. The van der Waals surface area contributed by atoms with Crippen molar-refractivity contribution in [2.24, 2.45) is 0 Å². The third kappa shape index (κ3) is 12.9. The van der Waals surface area contributed by atoms with Gasteiger partial charge in [0.15, 0.2) is 0 Å². The lowest BCUT2D eigenvalue weighted by Crippen LogP contribution is -1.93. The number of halogens is 1. The van der Waals surface area contributed by atoms with Gasteiger partial charge in [-0.2, -0.15) is 0 Å². The van der Waals surface area contributed by atoms with Gasteiger partial charge < -0.3 is 13.3 Å². The quantitative estimate of drug-likeness (QED) is 0.118. The second-order valence-corrected chi connectivity index (χ2v) is 31.8. The molecule has 4 heteroatoms. The normalized spacial score (nSPS) is 20.0. The summed E-state index contributed by atoms with van der Waals surface area (Å²) in [7, 11) is 0. The fourth-order valence-electron chi connectivity index (χ4n) is 17.9. The number of benzene rings is 28. The highest BCUT2D eigenvalue weighted by atomic mass is 35.5. The molecule has 0 aliphatic rings. The highest BCUT2D eigenvalue weighted by molar-refractivity contribution is 6.43. The third-order valence-corrected chi connectivity index (χ3v) is 24.3. The van der Waals surface area contributed by atoms with E-state index in [1.165, 1.54) is 0 Å². The van der Waals surface area contributed by atoms with Gasteiger partial charge in [-0.05, 0) is 319 Å². The summed E-state index contributed by atoms with van der Waals surface area (Å²) in [4.78, 5) is 0. The Labute approximate surface area is 934 Å². The Morgan fingerprint density at radius 2 is 0.366 bits per heavy atom. The molecule has 0 amide bonds. The maximum absolute atomic E-state index is 9.88. The third-order valence-electron chi connectivity index (χ3n) is 23.9. The molecule has 0 radical (unpaired) electrons. The van der Waals surface area contributed by atoms with Gasteiger partial charge in [0.1, 0.15) is 33.5 Å². The summed E-state index contributed by atoms with van der Waals surface area (Å²) in [6, 6.07) is -71.6. The largest absolute Gasteiger partial charge is 0.456 e. The molecule has 31 rings (SSSR count). The van der Waals surface area contributed by atoms with Crippen LogP contribution in [0, 0.1) is 0 Å². The zero-order valence-electron chi connectivity index (χ0n) is 152. The molecule has 3 nitrogen and oxygen atoms in total. The maximum Gasteiger partial charge on any atom is 0.136 e. The van der Waals surface area contributed by atoms with Crippen LogP contribution in [0.4, 0.5) is 0 Å². The van der Waals surface area contributed by atoms with Gasteiger partial charge in [0.2, 0.25) is 0 Å². The lowest BCUT2D eigenvalue weighted by atomic mass is 9.83. The minimum Gasteiger partial charge on any atom is -0.456 e. The predicted molar refractivity (Wildman–Crippen MR) is 607 cm³/mol. The van der Waals surface area contributed by atoms with Gasteiger partial charge in [-0.1, -0.05) is 410 Å². The van der Waals surface area contributed by atoms with E-state index in [0.717, 1.165) is 0 Å². The minimum atomic E-state index is -1.07. The monoisotopic (exact) mass is 1900 g/mol. The molecule has 0 saturated heterocycles. The number of furan rings is 3. The van der Waals surface area contributed by atoms with Crippen molar-refractivity contribution in [3.8, 4) is 77.9 Å². The van der Waals surface area contributed by atoms with E-state index in [-0.39, 0.29) is 0 Å². The molecule has 31 aromatic rings. The Balaban J connectivity index is 0.000000142. The highest BCUT2D eigenvalue weighted by Crippen LogP contribution is 2.54. The summed E-state index contributed by atoms with van der Waals surface area (Å²) in [5.41, 5.74) is -13.5. The van der Waals surface area contributed by atoms with Crippen LogP contribution in [-0.2, 0) is 0 Å². The van der Waals surface area contributed by atoms with Crippen molar-refractivity contribution < 1.29 is 124 Å². The zero-order valence-corrected chi connectivity index (χ0v) is 71.4. The van der Waals surface area contributed by atoms with Crippen LogP contribution < -0.4 is 0 Å². The van der Waals surface area contributed by atoms with Gasteiger partial charge in [-0.3, -0.25) is 0 Å². The van der Waals surface area contributed by atoms with Gasteiger partial charge in [0, 0.05) is 43.3 Å². The van der Waals surface area contributed by atoms with E-state index in [4.69, 9.17) is 89.3 Å². The Kier molecular flexibility index (Phi) is 7.87. The number of hydrogen-bond acceptors (Lipinski definition) is 3. The molecule has 0 aliphatic heterocycles. The predicted octanol–water partition coefficient (Wildman–Crippen LogP) is 40.4. The number of rotatable bonds is 7. The molecule has 28 aromatic carbocycles. The van der Waals surface area contributed by atoms with E-state index in [9.17, 15) is 46.6 Å². The van der Waals surface area contributed by atoms with Crippen LogP contribution in [0.1, 0.15) is 111 Å². The fraction of sp³-hybridized carbons (Fsp3) is 0. The Bertz CT molecular complexity index is 15400. The topological polar surface area (TPSA) is 39.4 Å². The summed E-state index contributed by atoms with van der Waals surface area (Å²) in [5, 5.41) is -22.2. The van der Waals surface area contributed by atoms with Gasteiger partial charge >= 0.3 is 0 Å². The van der Waals surface area contributed by atoms with E-state index in [1.807, 2.05) is 0 Å². The maximum atomic E-state index is 9.88. The molecular formula is C138H81ClO3. The molecular weight excluding hydrogens is 1740 g/mol. The van der Waals surface area contributed by atoms with Crippen molar-refractivity contribution in [2.75, 3.05) is 0 Å². The molecule has 3 heterocycles. The standard InChI is InChI=1S/C50H30O.C44H25ClO.C44H26O/c1-2-10-31(11-3-1)34-20-23-39-35(26-34)18-19-36-27-37(21-24-40(36)39)49-41-14-6-8-16-43(41)50(44-17-9-7-15-42(44)49)38-22-25-47-45(29-38)46-28-32-12-4-5-13-33(32)30-48(46)51-47;45-44-36-20-10-4-14-30(36)29-13-3-5-15-31(29)43(44)42-34-18-8-6-16-32(34)41(33-17-7-9-19-35(33)42)28-21-22-39-37(24-28)38-23-26-11-1-2-12-27(26)25-40(38)46-39;1-2-12-28-26-42-39(23-27(28)11-1)38-25-30(21-22-41(38)45-42)43-34-17-7-9-19-36(34)44(37-20-10-8-18-35(37)43)40-24-29-13-3-4-14-31(29)32-15-5-6-16-33(32)40/h1-30H;1-25H;1-26H/i1D,2D,3D,4D,5D,6D,7D,8D,9D,10D,11D,12D,13D,14D,15D,16D,17D,18D,19D,20D,21D,22D,23D,24D,25D,26D,27D,28D,29D,30D;1D,2D,3D,4D,5D,6D,7D,8D,9D,10D,11D,12D,13D,14D,15D,16D,17D,18D,19D,20D,21D,22D,23D,24D,25D;1D,2D,3D,4D,5D,6D,7D,8D,9D,10D,11D,12D,13D,14D,15D,16D,17D,18D,19D,20D,21D,22D,23D,24D,25D,26D. The first kappa shape index (κ1) is 34.4. The Hall–Kier alpha value is -18.3. The van der Waals surface area contributed by atoms with Gasteiger partial charge in [-0.25, -0.2) is 0 Å². The number of hydrogen-bond donors (Lipinski definition) is 0. The van der Waals surface area contributed by atoms with Gasteiger partial charge in [0.25, 0.3) is 0 Å². The van der Waals surface area contributed by atoms with E-state index in [1.54, 1.807) is 0 Å². The second-order valence-electron chi connectivity index (χ2n) is 31.5. The summed E-state index contributed by atoms with van der Waals surface area (Å²) in [6.07, 6.45) is 0. The first-order chi connectivity index (χ1) is 104. The average Bonchev–Trinajstić information content (AvgIpc) is 1.66. The van der Waals surface area contributed by atoms with Crippen molar-refractivity contribution in [3.05, 3.63) is 494 Å². The molecule has 142 heavy (non-hydrogen) atoms. The molecule has 658 valence electrons. The van der Waals surface area contributed by atoms with Crippen molar-refractivity contribution in [2.45, 2.75) is 0 Å². The van der Waals surface area contributed by atoms with Crippen molar-refractivity contribution >= 4 is 239 Å². The average molecular weight is 1900 g/mol. The molecule has 0 N–H and O–H groups in total. The molecule has 0 atom stereocenters. The highest BCUT2D eigenvalue weighted by Gasteiger charge is 2.27. The van der Waals surface area contributed by atoms with E-state index >= 15 is 0 Å². The molecule has 0 aliphatic carbocycles. The van der Waals surface area contributed by atoms with Crippen molar-refractivity contribution in [1.29, 1.82) is 0 Å². The van der Waals surface area contributed by atoms with Crippen molar-refractivity contribution in [3.63, 3.8) is 0 Å². The van der Waals surface area contributed by atoms with Crippen LogP contribution in [0.3, 0.4) is 0 Å². The SMILES string of the molecule is [2H]c1c(-c2c3c([2H])c([2H])c([2H])c([2H])c3c(-c3c(Cl)c4c([2H])c([2H])c([2H])c([2H])c4c4c([2H])c([2H])c([2H])c([2H])c34)c3c([2H])c([2H])c([2H])c([2H])c23)c([2H])c2c(oc3c([2H])c4c([2H])c([2H])c([2H])c([2H])c4c([2H])c32)c1[2H].[2H]c1c(-c2c3c([2H])c([2H])c([2H])c([2H])c3c(-c3c([2H])c4c([2H])c([2H])c([2H])c([2H])c4c4c([2H])c([2H])c([2H])c([2H])c34)c3c([2H])c([2H])c([2H])c([2H])c23)c([2H])c2c(oc3c([2H])c4c([2H])c([2H])c([2H])c([2H])c4c([2H])c32)c1[2H].[2H]c1c([2H])c([2H])c(-c2c([2H])c([2H])c3c(c2[2H])c([2H])c([2H])c2c([2H])c(-c4c5c([2H])c([2H])c([2H])c([2H])c5c(-c5c([2H])c([2H])c6oc7c([2H])c8c([2H])c([2H])c([2H])c([2H])c8c([2H])c7c6c5[2H])c5c([2H])c([2H])c([2H])c([2H])c45)c([2H])c([2H])c23)c([2H])c1[2H]. The van der Waals surface area contributed by atoms with Crippen LogP contribution >= 0.6 is 11.6 Å². The lowest BCUT2D eigenvalue weighted by Gasteiger charge is -2.21. The molecule has 0 fully saturated rings. The lowest BCUT2D eigenvalue weighted by molar-refractivity contribution is 0.669. The van der Waals surface area contributed by atoms with Gasteiger partial charge in [0.05, 0.1) is 116 Å². The van der Waals surface area contributed by atoms with E-state index in [0.29, 0.717) is 0 Å². The fourth-order valence-corrected chi connectivity index (χ4v) is 18.3. The first-order valence-corrected chi connectivity index (χ1v) is 42.5. The molecule has 0 saturated carbocycles. The Morgan fingerprint density at radius 1 is 0.127 bits per heavy atom. The van der Waals surface area contributed by atoms with Crippen LogP contribution in [-0.4, -0.2) is 0 Å². The smallest absolute Gasteiger partial charge is 0.136 e. The van der Waals surface area contributed by atoms with Gasteiger partial charge in [-0.15, -0.1) is 0 Å². The molecule has 0 unspecified atom stereocenters. The van der Waals surface area contributed by atoms with E-state index in [2.05, 4.69) is 0 Å². The number of fused-ring (bicyclic) bond motifs is 27. The molecule has 0 bridgehead atoms. The van der Waals surface area contributed by atoms with Crippen LogP contribution in [0.25, 0.3) is 305 Å². The van der Waals surface area contributed by atoms with E-state index < -0.39 is 800 Å². The summed E-state index contributed by atoms with van der Waals surface area (Å²) in [6.45, 7) is 0. The Morgan fingerprint density at radius 3 is 0.746 bits per heavy atom. The first-order valence-electron chi connectivity index (χ1n) is 82.7. The van der Waals surface area contributed by atoms with Crippen LogP contribution in [0.5, 0.6) is 0 Å². The summed E-state index contributed by atoms with van der Waals surface area (Å²) < 4.78 is 750. The van der Waals surface area contributed by atoms with Crippen LogP contribution in [0.15, 0.2) is 503 Å². The van der Waals surface area contributed by atoms with Crippen molar-refractivity contribution in [1.82, 2.24) is 0 Å². The minimum absolute atomic E-state index is 0.434. The molecule has 3 aromatic heterocycles. The molecule has 0 spiro atoms. The van der Waals surface area contributed by atoms with Crippen LogP contribution in [0.2, 0.25) is 5.02 Å².